The Morgan fingerprint density at radius 2 is 1.61 bits per heavy atom. The van der Waals surface area contributed by atoms with E-state index in [1.54, 1.807) is 0 Å². The molecule has 110 valence electrons. The molecule has 2 nitrogen and oxygen atoms in total. The number of hydrogen-bond acceptors (Lipinski definition) is 2. The predicted molar refractivity (Wildman–Crippen MR) is 81.1 cm³/mol. The maximum atomic E-state index is 5.69. The number of hydrogen-bond donors (Lipinski definition) is 1. The first-order chi connectivity index (χ1) is 8.67. The third kappa shape index (κ3) is 8.10. The van der Waals surface area contributed by atoms with Crippen molar-refractivity contribution in [3.05, 3.63) is 0 Å². The Hall–Kier alpha value is -0.0800. The molecule has 0 spiro atoms. The normalized spacial score (nSPS) is 15.0. The van der Waals surface area contributed by atoms with Crippen LogP contribution in [0.2, 0.25) is 0 Å². The summed E-state index contributed by atoms with van der Waals surface area (Å²) in [5, 5.41) is 3.67. The highest BCUT2D eigenvalue weighted by molar-refractivity contribution is 4.79. The summed E-state index contributed by atoms with van der Waals surface area (Å²) in [4.78, 5) is 0. The fourth-order valence-corrected chi connectivity index (χ4v) is 2.58. The van der Waals surface area contributed by atoms with Crippen LogP contribution in [0, 0.1) is 5.92 Å². The van der Waals surface area contributed by atoms with Gasteiger partial charge in [0.2, 0.25) is 0 Å². The highest BCUT2D eigenvalue weighted by Gasteiger charge is 2.23. The van der Waals surface area contributed by atoms with Crippen LogP contribution in [-0.4, -0.2) is 25.8 Å². The van der Waals surface area contributed by atoms with E-state index in [2.05, 4.69) is 33.0 Å². The van der Waals surface area contributed by atoms with Gasteiger partial charge in [-0.15, -0.1) is 0 Å². The molecule has 0 radical (unpaired) electrons. The summed E-state index contributed by atoms with van der Waals surface area (Å²) in [7, 11) is 1.85. The van der Waals surface area contributed by atoms with Crippen LogP contribution in [0.25, 0.3) is 0 Å². The van der Waals surface area contributed by atoms with Gasteiger partial charge in [-0.25, -0.2) is 0 Å². The summed E-state index contributed by atoms with van der Waals surface area (Å²) in [6.45, 7) is 10.1. The van der Waals surface area contributed by atoms with Crippen molar-refractivity contribution in [2.45, 2.75) is 84.8 Å². The second-order valence-corrected chi connectivity index (χ2v) is 5.71. The maximum Gasteiger partial charge on any atom is 0.0747 e. The molecule has 0 heterocycles. The van der Waals surface area contributed by atoms with E-state index in [0.29, 0.717) is 18.1 Å². The van der Waals surface area contributed by atoms with Crippen molar-refractivity contribution < 1.29 is 4.74 Å². The van der Waals surface area contributed by atoms with Gasteiger partial charge in [-0.2, -0.15) is 0 Å². The molecular formula is C16H35NO. The smallest absolute Gasteiger partial charge is 0.0747 e. The Bertz CT molecular complexity index is 170. The maximum absolute atomic E-state index is 5.69. The van der Waals surface area contributed by atoms with Crippen LogP contribution in [-0.2, 0) is 4.74 Å². The van der Waals surface area contributed by atoms with Gasteiger partial charge in [0, 0.05) is 13.2 Å². The molecule has 0 aliphatic rings. The lowest BCUT2D eigenvalue weighted by Crippen LogP contribution is -2.44. The molecule has 0 fully saturated rings. The number of nitrogens with one attached hydrogen (secondary N) is 1. The average Bonchev–Trinajstić information content (AvgIpc) is 2.35. The monoisotopic (exact) mass is 257 g/mol. The Morgan fingerprint density at radius 3 is 2.11 bits per heavy atom. The van der Waals surface area contributed by atoms with Gasteiger partial charge in [-0.1, -0.05) is 59.8 Å². The Kier molecular flexibility index (Phi) is 11.9. The lowest BCUT2D eigenvalue weighted by molar-refractivity contribution is 0.0300. The third-order valence-corrected chi connectivity index (χ3v) is 3.60. The van der Waals surface area contributed by atoms with Crippen LogP contribution in [0.4, 0.5) is 0 Å². The van der Waals surface area contributed by atoms with Gasteiger partial charge in [0.15, 0.2) is 0 Å². The Balaban J connectivity index is 4.04. The summed E-state index contributed by atoms with van der Waals surface area (Å²) < 4.78 is 5.69. The van der Waals surface area contributed by atoms with Crippen LogP contribution in [0.3, 0.4) is 0 Å². The first-order valence-electron chi connectivity index (χ1n) is 7.93. The van der Waals surface area contributed by atoms with Crippen LogP contribution >= 0.6 is 0 Å². The van der Waals surface area contributed by atoms with Crippen molar-refractivity contribution in [3.8, 4) is 0 Å². The fraction of sp³-hybridized carbons (Fsp3) is 1.00. The molecule has 1 N–H and O–H groups in total. The molecule has 0 saturated carbocycles. The molecule has 0 aromatic carbocycles. The van der Waals surface area contributed by atoms with Crippen molar-refractivity contribution in [2.24, 2.45) is 5.92 Å². The highest BCUT2D eigenvalue weighted by atomic mass is 16.5. The Labute approximate surface area is 115 Å². The van der Waals surface area contributed by atoms with E-state index in [1.807, 2.05) is 7.11 Å². The lowest BCUT2D eigenvalue weighted by Gasteiger charge is -2.30. The molecule has 0 amide bonds. The molecule has 0 aromatic rings. The Morgan fingerprint density at radius 1 is 0.944 bits per heavy atom. The molecule has 0 aliphatic heterocycles. The molecule has 0 rings (SSSR count). The van der Waals surface area contributed by atoms with Gasteiger partial charge in [0.05, 0.1) is 6.10 Å². The van der Waals surface area contributed by atoms with E-state index in [9.17, 15) is 0 Å². The third-order valence-electron chi connectivity index (χ3n) is 3.60. The van der Waals surface area contributed by atoms with E-state index < -0.39 is 0 Å². The number of rotatable bonds is 12. The van der Waals surface area contributed by atoms with Crippen molar-refractivity contribution in [1.29, 1.82) is 0 Å². The molecule has 2 heteroatoms. The standard InChI is InChI=1S/C16H35NO/c1-6-8-9-10-11-12-15(17-13-7-2)16(18-5)14(3)4/h14-17H,6-13H2,1-5H3. The van der Waals surface area contributed by atoms with Gasteiger partial charge < -0.3 is 10.1 Å². The van der Waals surface area contributed by atoms with E-state index in [4.69, 9.17) is 4.74 Å². The quantitative estimate of drug-likeness (QED) is 0.524. The van der Waals surface area contributed by atoms with Crippen LogP contribution in [0.15, 0.2) is 0 Å². The fourth-order valence-electron chi connectivity index (χ4n) is 2.58. The predicted octanol–water partition coefficient (Wildman–Crippen LogP) is 4.39. The molecule has 2 atom stereocenters. The summed E-state index contributed by atoms with van der Waals surface area (Å²) in [5.41, 5.74) is 0. The van der Waals surface area contributed by atoms with Crippen molar-refractivity contribution in [3.63, 3.8) is 0 Å². The molecular weight excluding hydrogens is 222 g/mol. The first kappa shape index (κ1) is 17.9. The minimum atomic E-state index is 0.350. The van der Waals surface area contributed by atoms with Crippen molar-refractivity contribution in [1.82, 2.24) is 5.32 Å². The second kappa shape index (κ2) is 12.0. The minimum Gasteiger partial charge on any atom is -0.380 e. The summed E-state index contributed by atoms with van der Waals surface area (Å²) in [6.07, 6.45) is 9.58. The number of unbranched alkanes of at least 4 members (excludes halogenated alkanes) is 4. The number of methoxy groups -OCH3 is 1. The summed E-state index contributed by atoms with van der Waals surface area (Å²) >= 11 is 0. The largest absolute Gasteiger partial charge is 0.380 e. The topological polar surface area (TPSA) is 21.3 Å². The molecule has 2 unspecified atom stereocenters. The zero-order valence-corrected chi connectivity index (χ0v) is 13.3. The van der Waals surface area contributed by atoms with E-state index >= 15 is 0 Å². The average molecular weight is 257 g/mol. The SMILES string of the molecule is CCCCCCCC(NCCC)C(OC)C(C)C. The van der Waals surface area contributed by atoms with Gasteiger partial charge in [-0.3, -0.25) is 0 Å². The lowest BCUT2D eigenvalue weighted by atomic mass is 9.94. The molecule has 0 bridgehead atoms. The second-order valence-electron chi connectivity index (χ2n) is 5.71. The van der Waals surface area contributed by atoms with Crippen LogP contribution < -0.4 is 5.32 Å². The van der Waals surface area contributed by atoms with Gasteiger partial charge in [0.1, 0.15) is 0 Å². The summed E-state index contributed by atoms with van der Waals surface area (Å²) in [6, 6.07) is 0.525. The zero-order valence-electron chi connectivity index (χ0n) is 13.3. The highest BCUT2D eigenvalue weighted by Crippen LogP contribution is 2.16. The van der Waals surface area contributed by atoms with Gasteiger partial charge >= 0.3 is 0 Å². The van der Waals surface area contributed by atoms with Gasteiger partial charge in [-0.05, 0) is 25.3 Å². The summed E-state index contributed by atoms with van der Waals surface area (Å²) in [5.74, 6) is 0.583. The molecule has 18 heavy (non-hydrogen) atoms. The minimum absolute atomic E-state index is 0.350. The van der Waals surface area contributed by atoms with E-state index in [-0.39, 0.29) is 0 Å². The molecule has 0 aromatic heterocycles. The van der Waals surface area contributed by atoms with Crippen LogP contribution in [0.1, 0.15) is 72.6 Å². The van der Waals surface area contributed by atoms with E-state index in [1.165, 1.54) is 44.9 Å². The van der Waals surface area contributed by atoms with Gasteiger partial charge in [0.25, 0.3) is 0 Å². The molecule has 0 aliphatic carbocycles. The zero-order chi connectivity index (χ0) is 13.8. The first-order valence-corrected chi connectivity index (χ1v) is 7.93. The van der Waals surface area contributed by atoms with Crippen LogP contribution in [0.5, 0.6) is 0 Å². The number of ether oxygens (including phenoxy) is 1. The van der Waals surface area contributed by atoms with Crippen molar-refractivity contribution >= 4 is 0 Å². The molecule has 0 saturated heterocycles. The van der Waals surface area contributed by atoms with E-state index in [0.717, 1.165) is 6.54 Å². The van der Waals surface area contributed by atoms with Crippen molar-refractivity contribution in [2.75, 3.05) is 13.7 Å².